The number of para-hydroxylation sites is 1. The second-order valence-electron chi connectivity index (χ2n) is 5.46. The topological polar surface area (TPSA) is 78.9 Å². The molecule has 138 valence electrons. The Morgan fingerprint density at radius 3 is 2.67 bits per heavy atom. The maximum absolute atomic E-state index is 14.1. The molecule has 0 spiro atoms. The second-order valence-corrected chi connectivity index (χ2v) is 6.70. The van der Waals surface area contributed by atoms with Crippen LogP contribution in [0.5, 0.6) is 11.5 Å². The molecule has 0 atom stereocenters. The van der Waals surface area contributed by atoms with Crippen LogP contribution in [0, 0.1) is 5.82 Å². The molecule has 2 aromatic rings. The van der Waals surface area contributed by atoms with E-state index in [0.29, 0.717) is 10.0 Å². The van der Waals surface area contributed by atoms with Gasteiger partial charge in [0, 0.05) is 0 Å². The van der Waals surface area contributed by atoms with Gasteiger partial charge in [-0.1, -0.05) is 12.1 Å². The predicted molar refractivity (Wildman–Crippen MR) is 105 cm³/mol. The minimum absolute atomic E-state index is 0.0668. The van der Waals surface area contributed by atoms with Crippen molar-refractivity contribution in [2.45, 2.75) is 0 Å². The molecule has 0 radical (unpaired) electrons. The van der Waals surface area contributed by atoms with E-state index in [9.17, 15) is 19.1 Å². The number of rotatable bonds is 3. The third kappa shape index (κ3) is 3.56. The summed E-state index contributed by atoms with van der Waals surface area (Å²) in [6.07, 6.45) is 1.31. The van der Waals surface area contributed by atoms with E-state index in [1.54, 1.807) is 6.07 Å². The van der Waals surface area contributed by atoms with Gasteiger partial charge in [0.1, 0.15) is 11.4 Å². The maximum atomic E-state index is 14.1. The number of halogens is 2. The number of phenolic OH excluding ortho intramolecular Hbond substituents is 1. The Hall–Kier alpha value is -2.78. The largest absolute Gasteiger partial charge is 0.503 e. The number of phenols is 1. The average Bonchev–Trinajstić information content (AvgIpc) is 2.62. The molecule has 2 N–H and O–H groups in total. The second kappa shape index (κ2) is 7.45. The lowest BCUT2D eigenvalue weighted by Crippen LogP contribution is -2.54. The van der Waals surface area contributed by atoms with Crippen molar-refractivity contribution in [2.75, 3.05) is 12.0 Å². The van der Waals surface area contributed by atoms with E-state index in [4.69, 9.17) is 17.0 Å². The fourth-order valence-corrected chi connectivity index (χ4v) is 3.24. The number of nitrogens with zero attached hydrogens (tertiary/aromatic N) is 1. The summed E-state index contributed by atoms with van der Waals surface area (Å²) in [6, 6.07) is 8.56. The third-order valence-electron chi connectivity index (χ3n) is 3.78. The molecule has 2 aromatic carbocycles. The molecule has 0 unspecified atom stereocenters. The van der Waals surface area contributed by atoms with Crippen molar-refractivity contribution in [1.29, 1.82) is 0 Å². The first-order chi connectivity index (χ1) is 12.8. The van der Waals surface area contributed by atoms with Gasteiger partial charge >= 0.3 is 0 Å². The van der Waals surface area contributed by atoms with Crippen LogP contribution in [0.3, 0.4) is 0 Å². The van der Waals surface area contributed by atoms with Crippen LogP contribution < -0.4 is 15.0 Å². The van der Waals surface area contributed by atoms with Gasteiger partial charge in [-0.05, 0) is 64.1 Å². The monoisotopic (exact) mass is 450 g/mol. The van der Waals surface area contributed by atoms with Crippen molar-refractivity contribution in [1.82, 2.24) is 5.32 Å². The number of carbonyl (C=O) groups excluding carboxylic acids is 2. The number of ether oxygens (including phenoxy) is 1. The van der Waals surface area contributed by atoms with Crippen molar-refractivity contribution in [3.05, 3.63) is 57.8 Å². The molecule has 1 aliphatic rings. The van der Waals surface area contributed by atoms with Crippen molar-refractivity contribution >= 4 is 56.8 Å². The molecule has 0 bridgehead atoms. The number of benzene rings is 2. The van der Waals surface area contributed by atoms with Crippen LogP contribution in [0.1, 0.15) is 5.56 Å². The lowest BCUT2D eigenvalue weighted by molar-refractivity contribution is -0.122. The Morgan fingerprint density at radius 2 is 2.00 bits per heavy atom. The smallest absolute Gasteiger partial charge is 0.270 e. The highest BCUT2D eigenvalue weighted by Crippen LogP contribution is 2.36. The average molecular weight is 451 g/mol. The van der Waals surface area contributed by atoms with Crippen LogP contribution in [-0.4, -0.2) is 29.1 Å². The Bertz CT molecular complexity index is 1010. The predicted octanol–water partition coefficient (Wildman–Crippen LogP) is 3.13. The molecule has 1 saturated heterocycles. The van der Waals surface area contributed by atoms with E-state index in [-0.39, 0.29) is 27.9 Å². The molecule has 0 saturated carbocycles. The SMILES string of the molecule is COc1cc(/C=C2\C(=O)NC(=S)N(c3ccccc3F)C2=O)cc(Br)c1O. The van der Waals surface area contributed by atoms with E-state index in [1.165, 1.54) is 43.5 Å². The zero-order chi connectivity index (χ0) is 19.7. The number of methoxy groups -OCH3 is 1. The van der Waals surface area contributed by atoms with Crippen LogP contribution in [0.15, 0.2) is 46.4 Å². The minimum Gasteiger partial charge on any atom is -0.503 e. The van der Waals surface area contributed by atoms with Crippen molar-refractivity contribution in [2.24, 2.45) is 0 Å². The van der Waals surface area contributed by atoms with E-state index in [2.05, 4.69) is 21.2 Å². The summed E-state index contributed by atoms with van der Waals surface area (Å²) in [7, 11) is 1.37. The molecule has 0 aliphatic carbocycles. The van der Waals surface area contributed by atoms with Gasteiger partial charge in [0.05, 0.1) is 17.3 Å². The molecule has 3 rings (SSSR count). The number of amides is 2. The fourth-order valence-electron chi connectivity index (χ4n) is 2.51. The molecule has 27 heavy (non-hydrogen) atoms. The van der Waals surface area contributed by atoms with Crippen LogP contribution in [-0.2, 0) is 9.59 Å². The van der Waals surface area contributed by atoms with E-state index < -0.39 is 17.6 Å². The fraction of sp³-hybridized carbons (Fsp3) is 0.0556. The summed E-state index contributed by atoms with van der Waals surface area (Å²) >= 11 is 8.21. The standard InChI is InChI=1S/C18H12BrFN2O4S/c1-26-14-8-9(7-11(19)15(14)23)6-10-16(24)21-18(27)22(17(10)25)13-5-3-2-4-12(13)20/h2-8,23H,1H3,(H,21,24,27)/b10-6+. The summed E-state index contributed by atoms with van der Waals surface area (Å²) < 4.78 is 19.5. The van der Waals surface area contributed by atoms with Gasteiger partial charge in [0.15, 0.2) is 16.6 Å². The van der Waals surface area contributed by atoms with Gasteiger partial charge in [-0.3, -0.25) is 14.9 Å². The number of thiocarbonyl (C=S) groups is 1. The van der Waals surface area contributed by atoms with Crippen molar-refractivity contribution in [3.8, 4) is 11.5 Å². The normalized spacial score (nSPS) is 15.9. The lowest BCUT2D eigenvalue weighted by Gasteiger charge is -2.29. The molecule has 9 heteroatoms. The Balaban J connectivity index is 2.08. The first kappa shape index (κ1) is 19.0. The third-order valence-corrected chi connectivity index (χ3v) is 4.67. The number of nitrogens with one attached hydrogen (secondary N) is 1. The number of aromatic hydroxyl groups is 1. The summed E-state index contributed by atoms with van der Waals surface area (Å²) in [4.78, 5) is 26.1. The maximum Gasteiger partial charge on any atom is 0.270 e. The number of anilines is 1. The van der Waals surface area contributed by atoms with Gasteiger partial charge in [-0.2, -0.15) is 0 Å². The summed E-state index contributed by atoms with van der Waals surface area (Å²) in [5.74, 6) is -2.09. The van der Waals surface area contributed by atoms with Gasteiger partial charge < -0.3 is 9.84 Å². The highest BCUT2D eigenvalue weighted by molar-refractivity contribution is 9.10. The van der Waals surface area contributed by atoms with Gasteiger partial charge in [-0.15, -0.1) is 0 Å². The van der Waals surface area contributed by atoms with Crippen LogP contribution >= 0.6 is 28.1 Å². The lowest BCUT2D eigenvalue weighted by atomic mass is 10.1. The first-order valence-corrected chi connectivity index (χ1v) is 8.76. The Morgan fingerprint density at radius 1 is 1.30 bits per heavy atom. The van der Waals surface area contributed by atoms with Crippen LogP contribution in [0.2, 0.25) is 0 Å². The van der Waals surface area contributed by atoms with Gasteiger partial charge in [-0.25, -0.2) is 9.29 Å². The molecule has 1 heterocycles. The zero-order valence-electron chi connectivity index (χ0n) is 13.8. The van der Waals surface area contributed by atoms with Crippen LogP contribution in [0.4, 0.5) is 10.1 Å². The van der Waals surface area contributed by atoms with Gasteiger partial charge in [0.2, 0.25) is 0 Å². The molecule has 0 aromatic heterocycles. The van der Waals surface area contributed by atoms with E-state index >= 15 is 0 Å². The summed E-state index contributed by atoms with van der Waals surface area (Å²) in [5.41, 5.74) is 0.102. The molecule has 6 nitrogen and oxygen atoms in total. The summed E-state index contributed by atoms with van der Waals surface area (Å²) in [6.45, 7) is 0. The Labute approximate surface area is 167 Å². The molecular weight excluding hydrogens is 439 g/mol. The quantitative estimate of drug-likeness (QED) is 0.426. The summed E-state index contributed by atoms with van der Waals surface area (Å²) in [5, 5.41) is 12.1. The first-order valence-electron chi connectivity index (χ1n) is 7.56. The zero-order valence-corrected chi connectivity index (χ0v) is 16.2. The molecule has 1 fully saturated rings. The molecule has 2 amide bonds. The van der Waals surface area contributed by atoms with Crippen molar-refractivity contribution < 1.29 is 23.8 Å². The number of carbonyl (C=O) groups is 2. The van der Waals surface area contributed by atoms with Gasteiger partial charge in [0.25, 0.3) is 11.8 Å². The van der Waals surface area contributed by atoms with E-state index in [0.717, 1.165) is 4.90 Å². The Kier molecular flexibility index (Phi) is 5.24. The van der Waals surface area contributed by atoms with Crippen LogP contribution in [0.25, 0.3) is 6.08 Å². The molecule has 1 aliphatic heterocycles. The highest BCUT2D eigenvalue weighted by Gasteiger charge is 2.35. The van der Waals surface area contributed by atoms with Crippen molar-refractivity contribution in [3.63, 3.8) is 0 Å². The molecular formula is C18H12BrFN2O4S. The van der Waals surface area contributed by atoms with E-state index in [1.807, 2.05) is 0 Å². The number of hydrogen-bond donors (Lipinski definition) is 2. The number of hydrogen-bond acceptors (Lipinski definition) is 5. The highest BCUT2D eigenvalue weighted by atomic mass is 79.9. The minimum atomic E-state index is -0.767.